The molecule has 0 saturated heterocycles. The summed E-state index contributed by atoms with van der Waals surface area (Å²) in [7, 11) is 0. The van der Waals surface area contributed by atoms with E-state index in [1.165, 1.54) is 5.56 Å². The van der Waals surface area contributed by atoms with Gasteiger partial charge in [-0.25, -0.2) is 0 Å². The van der Waals surface area contributed by atoms with Crippen molar-refractivity contribution in [1.29, 1.82) is 0 Å². The van der Waals surface area contributed by atoms with Gasteiger partial charge in [-0.05, 0) is 36.6 Å². The molecule has 1 aromatic carbocycles. The smallest absolute Gasteiger partial charge is 0.143 e. The molecule has 1 heterocycles. The van der Waals surface area contributed by atoms with Crippen molar-refractivity contribution >= 4 is 16.7 Å². The molecule has 0 aliphatic heterocycles. The summed E-state index contributed by atoms with van der Waals surface area (Å²) < 4.78 is 0. The molecule has 3 nitrogen and oxygen atoms in total. The van der Waals surface area contributed by atoms with Crippen LogP contribution < -0.4 is 5.32 Å². The SMILES string of the molecule is CCc1ccc2cc(CNCC(C)=O)cnc2c1. The van der Waals surface area contributed by atoms with Crippen LogP contribution in [0.15, 0.2) is 30.5 Å². The van der Waals surface area contributed by atoms with E-state index in [0.717, 1.165) is 22.9 Å². The number of hydrogen-bond acceptors (Lipinski definition) is 3. The predicted molar refractivity (Wildman–Crippen MR) is 73.5 cm³/mol. The number of Topliss-reactive ketones (excluding diaryl/α,β-unsaturated/α-hetero) is 1. The number of fused-ring (bicyclic) bond motifs is 1. The number of pyridine rings is 1. The highest BCUT2D eigenvalue weighted by Crippen LogP contribution is 2.15. The van der Waals surface area contributed by atoms with Gasteiger partial charge in [0.1, 0.15) is 5.78 Å². The molecular formula is C15H18N2O. The van der Waals surface area contributed by atoms with Crippen molar-refractivity contribution in [1.82, 2.24) is 10.3 Å². The van der Waals surface area contributed by atoms with Gasteiger partial charge in [-0.1, -0.05) is 19.1 Å². The Bertz CT molecular complexity index is 563. The summed E-state index contributed by atoms with van der Waals surface area (Å²) in [5.41, 5.74) is 3.44. The van der Waals surface area contributed by atoms with E-state index in [4.69, 9.17) is 0 Å². The third-order valence-corrected chi connectivity index (χ3v) is 2.92. The van der Waals surface area contributed by atoms with Crippen molar-refractivity contribution in [3.63, 3.8) is 0 Å². The van der Waals surface area contributed by atoms with Crippen LogP contribution in [0, 0.1) is 0 Å². The average Bonchev–Trinajstić information content (AvgIpc) is 2.37. The first-order chi connectivity index (χ1) is 8.69. The van der Waals surface area contributed by atoms with Crippen molar-refractivity contribution in [3.8, 4) is 0 Å². The second-order valence-corrected chi connectivity index (χ2v) is 4.53. The van der Waals surface area contributed by atoms with Crippen molar-refractivity contribution < 1.29 is 4.79 Å². The highest BCUT2D eigenvalue weighted by molar-refractivity contribution is 5.80. The van der Waals surface area contributed by atoms with Crippen molar-refractivity contribution in [3.05, 3.63) is 41.6 Å². The lowest BCUT2D eigenvalue weighted by molar-refractivity contribution is -0.116. The summed E-state index contributed by atoms with van der Waals surface area (Å²) in [4.78, 5) is 15.3. The number of aromatic nitrogens is 1. The largest absolute Gasteiger partial charge is 0.306 e. The van der Waals surface area contributed by atoms with Crippen molar-refractivity contribution in [2.45, 2.75) is 26.8 Å². The number of nitrogens with zero attached hydrogens (tertiary/aromatic N) is 1. The molecule has 1 aromatic heterocycles. The quantitative estimate of drug-likeness (QED) is 0.875. The van der Waals surface area contributed by atoms with E-state index in [2.05, 4.69) is 41.5 Å². The van der Waals surface area contributed by atoms with Gasteiger partial charge >= 0.3 is 0 Å². The first-order valence-electron chi connectivity index (χ1n) is 6.26. The van der Waals surface area contributed by atoms with Crippen LogP contribution in [0.3, 0.4) is 0 Å². The van der Waals surface area contributed by atoms with Crippen LogP contribution in [0.25, 0.3) is 10.9 Å². The maximum atomic E-state index is 10.8. The van der Waals surface area contributed by atoms with Gasteiger partial charge in [0, 0.05) is 18.1 Å². The fraction of sp³-hybridized carbons (Fsp3) is 0.333. The number of ketones is 1. The second-order valence-electron chi connectivity index (χ2n) is 4.53. The first-order valence-corrected chi connectivity index (χ1v) is 6.26. The van der Waals surface area contributed by atoms with Gasteiger partial charge < -0.3 is 5.32 Å². The van der Waals surface area contributed by atoms with Gasteiger partial charge in [0.25, 0.3) is 0 Å². The minimum Gasteiger partial charge on any atom is -0.306 e. The van der Waals surface area contributed by atoms with E-state index >= 15 is 0 Å². The maximum Gasteiger partial charge on any atom is 0.143 e. The Hall–Kier alpha value is -1.74. The molecule has 0 radical (unpaired) electrons. The van der Waals surface area contributed by atoms with Crippen molar-refractivity contribution in [2.24, 2.45) is 0 Å². The van der Waals surface area contributed by atoms with Gasteiger partial charge in [-0.3, -0.25) is 9.78 Å². The van der Waals surface area contributed by atoms with Crippen LogP contribution >= 0.6 is 0 Å². The number of aryl methyl sites for hydroxylation is 1. The van der Waals surface area contributed by atoms with Gasteiger partial charge in [0.15, 0.2) is 0 Å². The molecule has 2 rings (SSSR count). The molecule has 3 heteroatoms. The van der Waals surface area contributed by atoms with Gasteiger partial charge in [0.2, 0.25) is 0 Å². The summed E-state index contributed by atoms with van der Waals surface area (Å²) in [5, 5.41) is 4.25. The normalized spacial score (nSPS) is 10.8. The van der Waals surface area contributed by atoms with E-state index in [1.807, 2.05) is 6.20 Å². The van der Waals surface area contributed by atoms with E-state index < -0.39 is 0 Å². The minimum atomic E-state index is 0.149. The molecule has 94 valence electrons. The van der Waals surface area contributed by atoms with Crippen LogP contribution in [0.5, 0.6) is 0 Å². The molecule has 0 amide bonds. The van der Waals surface area contributed by atoms with Crippen LogP contribution in [0.1, 0.15) is 25.0 Å². The molecule has 2 aromatic rings. The summed E-state index contributed by atoms with van der Waals surface area (Å²) in [5.74, 6) is 0.149. The lowest BCUT2D eigenvalue weighted by Crippen LogP contribution is -2.20. The third kappa shape index (κ3) is 3.14. The van der Waals surface area contributed by atoms with Crippen LogP contribution in [0.4, 0.5) is 0 Å². The highest BCUT2D eigenvalue weighted by Gasteiger charge is 2.00. The monoisotopic (exact) mass is 242 g/mol. The zero-order chi connectivity index (χ0) is 13.0. The Morgan fingerprint density at radius 2 is 2.11 bits per heavy atom. The zero-order valence-corrected chi connectivity index (χ0v) is 10.9. The van der Waals surface area contributed by atoms with E-state index in [1.54, 1.807) is 6.92 Å². The number of nitrogens with one attached hydrogen (secondary N) is 1. The standard InChI is InChI=1S/C15H18N2O/c1-3-12-4-5-14-6-13(9-16-8-11(2)18)10-17-15(14)7-12/h4-7,10,16H,3,8-9H2,1-2H3. The van der Waals surface area contributed by atoms with E-state index in [-0.39, 0.29) is 5.78 Å². The van der Waals surface area contributed by atoms with Gasteiger partial charge in [-0.15, -0.1) is 0 Å². The molecule has 0 saturated carbocycles. The molecular weight excluding hydrogens is 224 g/mol. The fourth-order valence-electron chi connectivity index (χ4n) is 1.91. The molecule has 0 unspecified atom stereocenters. The topological polar surface area (TPSA) is 42.0 Å². The van der Waals surface area contributed by atoms with Crippen LogP contribution in [-0.4, -0.2) is 17.3 Å². The van der Waals surface area contributed by atoms with Gasteiger partial charge in [-0.2, -0.15) is 0 Å². The van der Waals surface area contributed by atoms with Crippen LogP contribution in [-0.2, 0) is 17.8 Å². The third-order valence-electron chi connectivity index (χ3n) is 2.92. The minimum absolute atomic E-state index is 0.149. The summed E-state index contributed by atoms with van der Waals surface area (Å²) in [6.45, 7) is 4.81. The molecule has 0 spiro atoms. The average molecular weight is 242 g/mol. The lowest BCUT2D eigenvalue weighted by Gasteiger charge is -2.05. The maximum absolute atomic E-state index is 10.8. The number of benzene rings is 1. The summed E-state index contributed by atoms with van der Waals surface area (Å²) in [6, 6.07) is 8.49. The van der Waals surface area contributed by atoms with Gasteiger partial charge in [0.05, 0.1) is 12.1 Å². The molecule has 0 aliphatic carbocycles. The Kier molecular flexibility index (Phi) is 4.05. The number of rotatable bonds is 5. The molecule has 18 heavy (non-hydrogen) atoms. The summed E-state index contributed by atoms with van der Waals surface area (Å²) in [6.07, 6.45) is 2.90. The predicted octanol–water partition coefficient (Wildman–Crippen LogP) is 2.48. The van der Waals surface area contributed by atoms with E-state index in [0.29, 0.717) is 13.1 Å². The molecule has 0 atom stereocenters. The lowest BCUT2D eigenvalue weighted by atomic mass is 10.1. The van der Waals surface area contributed by atoms with E-state index in [9.17, 15) is 4.79 Å². The number of hydrogen-bond donors (Lipinski definition) is 1. The zero-order valence-electron chi connectivity index (χ0n) is 10.9. The Morgan fingerprint density at radius 1 is 1.28 bits per heavy atom. The van der Waals surface area contributed by atoms with Crippen molar-refractivity contribution in [2.75, 3.05) is 6.54 Å². The molecule has 0 fully saturated rings. The number of carbonyl (C=O) groups is 1. The molecule has 1 N–H and O–H groups in total. The van der Waals surface area contributed by atoms with Crippen LogP contribution in [0.2, 0.25) is 0 Å². The summed E-state index contributed by atoms with van der Waals surface area (Å²) >= 11 is 0. The fourth-order valence-corrected chi connectivity index (χ4v) is 1.91. The molecule has 0 aliphatic rings. The Labute approximate surface area is 107 Å². The Balaban J connectivity index is 2.15. The molecule has 0 bridgehead atoms. The highest BCUT2D eigenvalue weighted by atomic mass is 16.1. The Morgan fingerprint density at radius 3 is 2.83 bits per heavy atom. The second kappa shape index (κ2) is 5.74. The number of carbonyl (C=O) groups excluding carboxylic acids is 1. The first kappa shape index (κ1) is 12.7.